The number of benzene rings is 2. The number of aromatic nitrogens is 4. The number of piperidine rings is 3. The van der Waals surface area contributed by atoms with E-state index < -0.39 is 11.7 Å². The number of ether oxygens (including phenoxy) is 1. The Balaban J connectivity index is 0.748. The number of carbonyl (C=O) groups excluding carboxylic acids is 3. The molecule has 334 valence electrons. The van der Waals surface area contributed by atoms with Crippen LogP contribution in [0.25, 0.3) is 22.3 Å². The number of imide groups is 1. The van der Waals surface area contributed by atoms with Gasteiger partial charge < -0.3 is 34.8 Å². The van der Waals surface area contributed by atoms with Crippen molar-refractivity contribution >= 4 is 46.1 Å². The molecule has 4 saturated heterocycles. The molecule has 4 amide bonds. The van der Waals surface area contributed by atoms with Gasteiger partial charge in [-0.15, -0.1) is 10.2 Å². The van der Waals surface area contributed by atoms with Crippen molar-refractivity contribution in [3.05, 3.63) is 83.7 Å². The lowest BCUT2D eigenvalue weighted by molar-refractivity contribution is -0.120. The van der Waals surface area contributed by atoms with Crippen molar-refractivity contribution in [3.63, 3.8) is 0 Å². The number of alkyl halides is 1. The Morgan fingerprint density at radius 1 is 0.938 bits per heavy atom. The average molecular weight is 871 g/mol. The van der Waals surface area contributed by atoms with E-state index in [1.807, 2.05) is 36.4 Å². The standard InChI is InChI=1S/C48H55FN10O5/c1-64-42-23-31(10-11-35(42)32-5-4-17-57(27-32)40-25-39(53-54-44(40)50)36-6-2-3-7-41(36)60)46(62)56-21-15-48(49,16-22-56)29-55-18-12-33(13-19-55)59-28-38(30-8-9-30)37-24-34(26-51-45(37)59)58-20-14-43(61)52-47(58)63/h2-3,6-7,10-11,23-26,28,30,32-33,60H,4-5,8-9,12-22,27,29H2,1H3,(H2,50,54)(H,52,61,63)/t32-/m0/s1. The zero-order valence-electron chi connectivity index (χ0n) is 36.2. The number of amides is 4. The number of methoxy groups -OCH3 is 1. The Morgan fingerprint density at radius 2 is 1.73 bits per heavy atom. The Labute approximate surface area is 371 Å². The Morgan fingerprint density at radius 3 is 2.48 bits per heavy atom. The third-order valence-electron chi connectivity index (χ3n) is 14.1. The van der Waals surface area contributed by atoms with Gasteiger partial charge in [0.15, 0.2) is 5.82 Å². The molecule has 1 atom stereocenters. The summed E-state index contributed by atoms with van der Waals surface area (Å²) in [7, 11) is 1.63. The molecule has 4 N–H and O–H groups in total. The van der Waals surface area contributed by atoms with E-state index in [-0.39, 0.29) is 48.8 Å². The SMILES string of the molecule is COc1cc(C(=O)N2CCC(F)(CN3CCC(n4cc(C5CC5)c5cc(N6CCC(=O)NC6=O)cnc54)CC3)CC2)ccc1[C@H]1CCCN(c2cc(-c3ccccc3O)nnc2N)C1. The minimum atomic E-state index is -1.38. The molecule has 10 rings (SSSR count). The van der Waals surface area contributed by atoms with Gasteiger partial charge in [0.25, 0.3) is 5.91 Å². The normalized spacial score (nSPS) is 21.0. The summed E-state index contributed by atoms with van der Waals surface area (Å²) in [5, 5.41) is 22.4. The zero-order valence-corrected chi connectivity index (χ0v) is 36.2. The Kier molecular flexibility index (Phi) is 11.1. The van der Waals surface area contributed by atoms with Gasteiger partial charge >= 0.3 is 6.03 Å². The fourth-order valence-corrected chi connectivity index (χ4v) is 10.4. The van der Waals surface area contributed by atoms with Crippen LogP contribution in [-0.2, 0) is 4.79 Å². The Hall–Kier alpha value is -6.29. The molecule has 15 nitrogen and oxygen atoms in total. The number of para-hydroxylation sites is 1. The predicted molar refractivity (Wildman–Crippen MR) is 242 cm³/mol. The topological polar surface area (TPSA) is 175 Å². The number of nitrogens with two attached hydrogens (primary N) is 1. The summed E-state index contributed by atoms with van der Waals surface area (Å²) < 4.78 is 24.7. The van der Waals surface area contributed by atoms with Crippen LogP contribution in [0.3, 0.4) is 0 Å². The Bertz CT molecular complexity index is 2600. The van der Waals surface area contributed by atoms with E-state index >= 15 is 4.39 Å². The van der Waals surface area contributed by atoms with Crippen molar-refractivity contribution in [2.24, 2.45) is 0 Å². The van der Waals surface area contributed by atoms with Crippen LogP contribution in [0.2, 0.25) is 0 Å². The smallest absolute Gasteiger partial charge is 0.328 e. The molecule has 16 heteroatoms. The van der Waals surface area contributed by atoms with E-state index in [4.69, 9.17) is 15.5 Å². The second kappa shape index (κ2) is 17.0. The van der Waals surface area contributed by atoms with Crippen molar-refractivity contribution in [2.75, 3.05) is 75.0 Å². The number of nitrogen functional groups attached to an aromatic ring is 1. The van der Waals surface area contributed by atoms with Crippen molar-refractivity contribution in [1.82, 2.24) is 34.9 Å². The molecule has 3 aromatic heterocycles. The van der Waals surface area contributed by atoms with Crippen LogP contribution >= 0.6 is 0 Å². The number of nitrogens with zero attached hydrogens (tertiary/aromatic N) is 8. The van der Waals surface area contributed by atoms with Crippen molar-refractivity contribution < 1.29 is 28.6 Å². The molecule has 64 heavy (non-hydrogen) atoms. The molecule has 1 saturated carbocycles. The summed E-state index contributed by atoms with van der Waals surface area (Å²) in [5.74, 6) is 1.31. The molecule has 0 bridgehead atoms. The van der Waals surface area contributed by atoms with Gasteiger partial charge in [0.05, 0.1) is 30.4 Å². The van der Waals surface area contributed by atoms with E-state index in [0.29, 0.717) is 72.7 Å². The first kappa shape index (κ1) is 41.7. The molecule has 0 unspecified atom stereocenters. The lowest BCUT2D eigenvalue weighted by Gasteiger charge is -2.41. The van der Waals surface area contributed by atoms with E-state index in [2.05, 4.69) is 36.1 Å². The minimum absolute atomic E-state index is 0.110. The predicted octanol–water partition coefficient (Wildman–Crippen LogP) is 6.78. The number of rotatable bonds is 10. The highest BCUT2D eigenvalue weighted by molar-refractivity contribution is 6.06. The molecule has 5 fully saturated rings. The van der Waals surface area contributed by atoms with E-state index in [9.17, 15) is 19.5 Å². The van der Waals surface area contributed by atoms with Crippen molar-refractivity contribution in [3.8, 4) is 22.8 Å². The number of pyridine rings is 1. The van der Waals surface area contributed by atoms with E-state index in [1.165, 1.54) is 5.56 Å². The highest BCUT2D eigenvalue weighted by Crippen LogP contribution is 2.46. The summed E-state index contributed by atoms with van der Waals surface area (Å²) in [6, 6.07) is 16.5. The van der Waals surface area contributed by atoms with E-state index in [1.54, 1.807) is 41.3 Å². The number of urea groups is 1. The number of halogens is 1. The molecule has 1 aliphatic carbocycles. The maximum Gasteiger partial charge on any atom is 0.328 e. The van der Waals surface area contributed by atoms with Gasteiger partial charge in [0, 0.05) is 106 Å². The number of phenols is 1. The maximum atomic E-state index is 16.6. The second-order valence-corrected chi connectivity index (χ2v) is 18.3. The summed E-state index contributed by atoms with van der Waals surface area (Å²) in [6.07, 6.45) is 10.7. The largest absolute Gasteiger partial charge is 0.507 e. The highest BCUT2D eigenvalue weighted by Gasteiger charge is 2.39. The number of anilines is 3. The molecular formula is C48H55FN10O5. The molecule has 5 aromatic rings. The van der Waals surface area contributed by atoms with Gasteiger partial charge in [-0.05, 0) is 92.0 Å². The quantitative estimate of drug-likeness (QED) is 0.135. The first-order valence-electron chi connectivity index (χ1n) is 22.7. The van der Waals surface area contributed by atoms with Crippen molar-refractivity contribution in [1.29, 1.82) is 0 Å². The van der Waals surface area contributed by atoms with Crippen LogP contribution in [0.1, 0.15) is 97.1 Å². The highest BCUT2D eigenvalue weighted by atomic mass is 19.1. The molecule has 5 aliphatic rings. The monoisotopic (exact) mass is 870 g/mol. The van der Waals surface area contributed by atoms with Crippen molar-refractivity contribution in [2.45, 2.75) is 81.3 Å². The maximum absolute atomic E-state index is 16.6. The summed E-state index contributed by atoms with van der Waals surface area (Å²) in [6.45, 7) is 4.37. The van der Waals surface area contributed by atoms with Crippen LogP contribution in [0.15, 0.2) is 67.0 Å². The van der Waals surface area contributed by atoms with Gasteiger partial charge in [-0.25, -0.2) is 14.2 Å². The summed E-state index contributed by atoms with van der Waals surface area (Å²) in [5.41, 5.74) is 11.3. The van der Waals surface area contributed by atoms with Gasteiger partial charge in [-0.3, -0.25) is 19.8 Å². The number of phenolic OH excluding ortho intramolecular Hbond substituents is 1. The fraction of sp³-hybridized carbons (Fsp3) is 0.458. The summed E-state index contributed by atoms with van der Waals surface area (Å²) >= 11 is 0. The van der Waals surface area contributed by atoms with Gasteiger partial charge in [0.2, 0.25) is 5.91 Å². The zero-order chi connectivity index (χ0) is 44.1. The molecule has 4 aliphatic heterocycles. The third-order valence-corrected chi connectivity index (χ3v) is 14.1. The number of aromatic hydroxyl groups is 1. The van der Waals surface area contributed by atoms with Crippen LogP contribution in [0.5, 0.6) is 11.5 Å². The van der Waals surface area contributed by atoms with Gasteiger partial charge in [-0.1, -0.05) is 18.2 Å². The molecule has 7 heterocycles. The van der Waals surface area contributed by atoms with Gasteiger partial charge in [-0.2, -0.15) is 0 Å². The van der Waals surface area contributed by atoms with E-state index in [0.717, 1.165) is 80.4 Å². The second-order valence-electron chi connectivity index (χ2n) is 18.3. The lowest BCUT2D eigenvalue weighted by atomic mass is 9.88. The van der Waals surface area contributed by atoms with Gasteiger partial charge in [0.1, 0.15) is 22.8 Å². The number of hydrogen-bond donors (Lipinski definition) is 3. The van der Waals surface area contributed by atoms with Crippen LogP contribution in [0, 0.1) is 0 Å². The summed E-state index contributed by atoms with van der Waals surface area (Å²) in [4.78, 5) is 50.9. The first-order chi connectivity index (χ1) is 31.0. The van der Waals surface area contributed by atoms with Crippen LogP contribution in [-0.4, -0.2) is 118 Å². The number of fused-ring (bicyclic) bond motifs is 1. The third kappa shape index (κ3) is 8.19. The molecule has 0 spiro atoms. The fourth-order valence-electron chi connectivity index (χ4n) is 10.4. The number of hydrogen-bond acceptors (Lipinski definition) is 11. The average Bonchev–Trinajstić information content (AvgIpc) is 4.09. The molecule has 0 radical (unpaired) electrons. The van der Waals surface area contributed by atoms with Crippen LogP contribution < -0.4 is 25.6 Å². The number of likely N-dealkylation sites (tertiary alicyclic amines) is 2. The number of nitrogens with one attached hydrogen (secondary N) is 1. The number of carbonyl (C=O) groups is 3. The molecular weight excluding hydrogens is 816 g/mol. The lowest BCUT2D eigenvalue weighted by Crippen LogP contribution is -2.51. The minimum Gasteiger partial charge on any atom is -0.507 e. The molecule has 2 aromatic carbocycles. The van der Waals surface area contributed by atoms with Crippen LogP contribution in [0.4, 0.5) is 26.4 Å². The first-order valence-corrected chi connectivity index (χ1v) is 22.7.